The van der Waals surface area contributed by atoms with Crippen LogP contribution in [0.25, 0.3) is 0 Å². The predicted molar refractivity (Wildman–Crippen MR) is 65.7 cm³/mol. The zero-order valence-corrected chi connectivity index (χ0v) is 10.5. The van der Waals surface area contributed by atoms with Crippen molar-refractivity contribution in [3.63, 3.8) is 0 Å². The molecule has 0 heterocycles. The van der Waals surface area contributed by atoms with Crippen molar-refractivity contribution >= 4 is 0 Å². The Labute approximate surface area is 97.7 Å². The largest absolute Gasteiger partial charge is 0.496 e. The van der Waals surface area contributed by atoms with Gasteiger partial charge in [0.05, 0.1) is 13.7 Å². The van der Waals surface area contributed by atoms with Gasteiger partial charge in [-0.3, -0.25) is 4.90 Å². The van der Waals surface area contributed by atoms with Crippen molar-refractivity contribution in [1.29, 1.82) is 0 Å². The summed E-state index contributed by atoms with van der Waals surface area (Å²) in [6.45, 7) is 5.03. The van der Waals surface area contributed by atoms with E-state index in [9.17, 15) is 0 Å². The highest BCUT2D eigenvalue weighted by atomic mass is 16.5. The highest BCUT2D eigenvalue weighted by Crippen LogP contribution is 2.21. The van der Waals surface area contributed by atoms with Crippen molar-refractivity contribution in [2.45, 2.75) is 26.4 Å². The molecule has 0 spiro atoms. The van der Waals surface area contributed by atoms with E-state index in [-0.39, 0.29) is 12.6 Å². The molecule has 0 saturated heterocycles. The van der Waals surface area contributed by atoms with E-state index < -0.39 is 0 Å². The van der Waals surface area contributed by atoms with Gasteiger partial charge in [0.25, 0.3) is 0 Å². The molecule has 1 aromatic rings. The Kier molecular flexibility index (Phi) is 4.77. The van der Waals surface area contributed by atoms with Gasteiger partial charge in [0, 0.05) is 18.2 Å². The van der Waals surface area contributed by atoms with Crippen molar-refractivity contribution in [3.8, 4) is 5.75 Å². The molecule has 1 aromatic carbocycles. The molecule has 0 fully saturated rings. The van der Waals surface area contributed by atoms with Crippen LogP contribution in [-0.4, -0.2) is 36.8 Å². The summed E-state index contributed by atoms with van der Waals surface area (Å²) in [4.78, 5) is 2.11. The van der Waals surface area contributed by atoms with Gasteiger partial charge in [-0.15, -0.1) is 0 Å². The Morgan fingerprint density at radius 1 is 1.44 bits per heavy atom. The maximum Gasteiger partial charge on any atom is 0.123 e. The first-order chi connectivity index (χ1) is 7.58. The number of hydrogen-bond donors (Lipinski definition) is 1. The van der Waals surface area contributed by atoms with E-state index in [0.717, 1.165) is 17.9 Å². The van der Waals surface area contributed by atoms with E-state index in [4.69, 9.17) is 9.84 Å². The van der Waals surface area contributed by atoms with Crippen LogP contribution in [0.15, 0.2) is 18.2 Å². The molecule has 3 heteroatoms. The quantitative estimate of drug-likeness (QED) is 0.826. The van der Waals surface area contributed by atoms with Crippen molar-refractivity contribution < 1.29 is 9.84 Å². The molecule has 16 heavy (non-hydrogen) atoms. The Morgan fingerprint density at radius 2 is 2.12 bits per heavy atom. The van der Waals surface area contributed by atoms with E-state index in [0.29, 0.717) is 0 Å². The highest BCUT2D eigenvalue weighted by Gasteiger charge is 2.11. The fourth-order valence-electron chi connectivity index (χ4n) is 1.59. The second-order valence-electron chi connectivity index (χ2n) is 4.26. The molecule has 0 aromatic heterocycles. The SMILES string of the molecule is COc1ccc(C)cc1CN(C)C(C)CO. The summed E-state index contributed by atoms with van der Waals surface area (Å²) in [5.74, 6) is 0.905. The third-order valence-electron chi connectivity index (χ3n) is 2.87. The van der Waals surface area contributed by atoms with Gasteiger partial charge in [0.1, 0.15) is 5.75 Å². The average Bonchev–Trinajstić information content (AvgIpc) is 2.28. The molecule has 0 amide bonds. The van der Waals surface area contributed by atoms with Crippen LogP contribution in [0.5, 0.6) is 5.75 Å². The van der Waals surface area contributed by atoms with Crippen LogP contribution in [0.2, 0.25) is 0 Å². The van der Waals surface area contributed by atoms with Gasteiger partial charge >= 0.3 is 0 Å². The first kappa shape index (κ1) is 13.0. The third kappa shape index (κ3) is 3.22. The second-order valence-corrected chi connectivity index (χ2v) is 4.26. The smallest absolute Gasteiger partial charge is 0.123 e. The summed E-state index contributed by atoms with van der Waals surface area (Å²) >= 11 is 0. The summed E-state index contributed by atoms with van der Waals surface area (Å²) in [6.07, 6.45) is 0. The molecule has 0 aliphatic rings. The lowest BCUT2D eigenvalue weighted by Crippen LogP contribution is -2.31. The van der Waals surface area contributed by atoms with E-state index >= 15 is 0 Å². The summed E-state index contributed by atoms with van der Waals surface area (Å²) in [5.41, 5.74) is 2.38. The van der Waals surface area contributed by atoms with Crippen LogP contribution in [0.1, 0.15) is 18.1 Å². The second kappa shape index (κ2) is 5.87. The summed E-state index contributed by atoms with van der Waals surface area (Å²) in [6, 6.07) is 6.31. The molecule has 1 rings (SSSR count). The maximum atomic E-state index is 9.09. The fourth-order valence-corrected chi connectivity index (χ4v) is 1.59. The minimum atomic E-state index is 0.158. The Balaban J connectivity index is 2.82. The minimum absolute atomic E-state index is 0.158. The lowest BCUT2D eigenvalue weighted by molar-refractivity contribution is 0.153. The predicted octanol–water partition coefficient (Wildman–Crippen LogP) is 1.82. The van der Waals surface area contributed by atoms with E-state index in [1.807, 2.05) is 26.1 Å². The number of likely N-dealkylation sites (N-methyl/N-ethyl adjacent to an activating group) is 1. The number of aliphatic hydroxyl groups excluding tert-OH is 1. The molecule has 90 valence electrons. The van der Waals surface area contributed by atoms with E-state index in [2.05, 4.69) is 17.9 Å². The molecule has 3 nitrogen and oxygen atoms in total. The van der Waals surface area contributed by atoms with E-state index in [1.54, 1.807) is 7.11 Å². The first-order valence-electron chi connectivity index (χ1n) is 5.53. The number of nitrogens with zero attached hydrogens (tertiary/aromatic N) is 1. The first-order valence-corrected chi connectivity index (χ1v) is 5.53. The van der Waals surface area contributed by atoms with E-state index in [1.165, 1.54) is 5.56 Å². The van der Waals surface area contributed by atoms with Crippen molar-refractivity contribution in [3.05, 3.63) is 29.3 Å². The van der Waals surface area contributed by atoms with Crippen LogP contribution < -0.4 is 4.74 Å². The number of aryl methyl sites for hydroxylation is 1. The van der Waals surface area contributed by atoms with Crippen LogP contribution in [0.3, 0.4) is 0 Å². The van der Waals surface area contributed by atoms with Gasteiger partial charge in [-0.25, -0.2) is 0 Å². The lowest BCUT2D eigenvalue weighted by Gasteiger charge is -2.23. The molecule has 1 atom stereocenters. The van der Waals surface area contributed by atoms with Crippen molar-refractivity contribution in [1.82, 2.24) is 4.90 Å². The van der Waals surface area contributed by atoms with Crippen LogP contribution in [-0.2, 0) is 6.54 Å². The van der Waals surface area contributed by atoms with Gasteiger partial charge < -0.3 is 9.84 Å². The molecule has 0 bridgehead atoms. The number of ether oxygens (including phenoxy) is 1. The van der Waals surface area contributed by atoms with Crippen LogP contribution in [0.4, 0.5) is 0 Å². The van der Waals surface area contributed by atoms with Crippen molar-refractivity contribution in [2.24, 2.45) is 0 Å². The van der Waals surface area contributed by atoms with Gasteiger partial charge in [0.2, 0.25) is 0 Å². The van der Waals surface area contributed by atoms with Gasteiger partial charge in [-0.1, -0.05) is 17.7 Å². The standard InChI is InChI=1S/C13H21NO2/c1-10-5-6-13(16-4)12(7-10)8-14(3)11(2)9-15/h5-7,11,15H,8-9H2,1-4H3. The Morgan fingerprint density at radius 3 is 2.69 bits per heavy atom. The minimum Gasteiger partial charge on any atom is -0.496 e. The average molecular weight is 223 g/mol. The zero-order valence-electron chi connectivity index (χ0n) is 10.5. The molecule has 0 saturated carbocycles. The van der Waals surface area contributed by atoms with Crippen LogP contribution >= 0.6 is 0 Å². The molecule has 0 radical (unpaired) electrons. The Hall–Kier alpha value is -1.06. The highest BCUT2D eigenvalue weighted by molar-refractivity contribution is 5.36. The molecular weight excluding hydrogens is 202 g/mol. The monoisotopic (exact) mass is 223 g/mol. The number of benzene rings is 1. The fraction of sp³-hybridized carbons (Fsp3) is 0.538. The number of aliphatic hydroxyl groups is 1. The molecular formula is C13H21NO2. The zero-order chi connectivity index (χ0) is 12.1. The Bertz CT molecular complexity index is 339. The van der Waals surface area contributed by atoms with Gasteiger partial charge in [-0.05, 0) is 27.0 Å². The van der Waals surface area contributed by atoms with Crippen molar-refractivity contribution in [2.75, 3.05) is 20.8 Å². The number of hydrogen-bond acceptors (Lipinski definition) is 3. The van der Waals surface area contributed by atoms with Crippen LogP contribution in [0, 0.1) is 6.92 Å². The van der Waals surface area contributed by atoms with Gasteiger partial charge in [0.15, 0.2) is 0 Å². The summed E-state index contributed by atoms with van der Waals surface area (Å²) < 4.78 is 5.33. The third-order valence-corrected chi connectivity index (χ3v) is 2.87. The number of methoxy groups -OCH3 is 1. The van der Waals surface area contributed by atoms with Gasteiger partial charge in [-0.2, -0.15) is 0 Å². The topological polar surface area (TPSA) is 32.7 Å². The number of rotatable bonds is 5. The molecule has 0 aliphatic heterocycles. The molecule has 1 N–H and O–H groups in total. The summed E-state index contributed by atoms with van der Waals surface area (Å²) in [7, 11) is 3.69. The summed E-state index contributed by atoms with van der Waals surface area (Å²) in [5, 5.41) is 9.09. The lowest BCUT2D eigenvalue weighted by atomic mass is 10.1. The molecule has 1 unspecified atom stereocenters. The normalized spacial score (nSPS) is 12.9. The maximum absolute atomic E-state index is 9.09. The molecule has 0 aliphatic carbocycles.